The van der Waals surface area contributed by atoms with E-state index in [-0.39, 0.29) is 0 Å². The van der Waals surface area contributed by atoms with Crippen LogP contribution in [0.5, 0.6) is 0 Å². The maximum atomic E-state index is 4.52. The van der Waals surface area contributed by atoms with Crippen LogP contribution < -0.4 is 0 Å². The predicted molar refractivity (Wildman–Crippen MR) is 96.8 cm³/mol. The highest BCUT2D eigenvalue weighted by Crippen LogP contribution is 2.15. The number of aliphatic imine (C=N–C) groups is 1. The predicted octanol–water partition coefficient (Wildman–Crippen LogP) is 5.48. The third-order valence-electron chi connectivity index (χ3n) is 3.71. The van der Waals surface area contributed by atoms with Crippen LogP contribution in [0.15, 0.2) is 29.5 Å². The standard InChI is InChI=1S/C16H33NSi2/c1-7-18(3,4)15-12-10-9-11-13-17-14-16-19(5,6)8-2/h7-8,14H,1-2,9-13,15-16H2,3-6H3. The first kappa shape index (κ1) is 18.6. The Kier molecular flexibility index (Phi) is 9.27. The van der Waals surface area contributed by atoms with Crippen LogP contribution in [-0.4, -0.2) is 28.9 Å². The van der Waals surface area contributed by atoms with Crippen molar-refractivity contribution < 1.29 is 0 Å². The third-order valence-corrected chi connectivity index (χ3v) is 8.80. The Labute approximate surface area is 122 Å². The highest BCUT2D eigenvalue weighted by molar-refractivity contribution is 6.84. The minimum atomic E-state index is -1.17. The van der Waals surface area contributed by atoms with Crippen LogP contribution in [0.3, 0.4) is 0 Å². The summed E-state index contributed by atoms with van der Waals surface area (Å²) in [4.78, 5) is 4.52. The number of hydrogen-bond acceptors (Lipinski definition) is 1. The molecule has 0 heterocycles. The molecule has 0 rings (SSSR count). The van der Waals surface area contributed by atoms with E-state index in [4.69, 9.17) is 0 Å². The molecule has 0 saturated heterocycles. The molecule has 0 unspecified atom stereocenters. The summed E-state index contributed by atoms with van der Waals surface area (Å²) < 4.78 is 0. The van der Waals surface area contributed by atoms with Crippen molar-refractivity contribution in [3.63, 3.8) is 0 Å². The highest BCUT2D eigenvalue weighted by Gasteiger charge is 2.14. The Hall–Kier alpha value is -0.416. The largest absolute Gasteiger partial charge is 0.298 e. The van der Waals surface area contributed by atoms with Crippen LogP contribution in [0, 0.1) is 0 Å². The Morgan fingerprint density at radius 1 is 0.842 bits per heavy atom. The summed E-state index contributed by atoms with van der Waals surface area (Å²) in [6, 6.07) is 2.52. The van der Waals surface area contributed by atoms with E-state index in [0.29, 0.717) is 0 Å². The fourth-order valence-electron chi connectivity index (χ4n) is 1.71. The van der Waals surface area contributed by atoms with Gasteiger partial charge in [0.25, 0.3) is 0 Å². The summed E-state index contributed by atoms with van der Waals surface area (Å²) >= 11 is 0. The molecular formula is C16H33NSi2. The van der Waals surface area contributed by atoms with E-state index in [1.165, 1.54) is 31.7 Å². The fraction of sp³-hybridized carbons (Fsp3) is 0.688. The van der Waals surface area contributed by atoms with Crippen molar-refractivity contribution in [2.45, 2.75) is 64.0 Å². The molecule has 0 atom stereocenters. The maximum absolute atomic E-state index is 4.52. The van der Waals surface area contributed by atoms with Crippen LogP contribution in [0.1, 0.15) is 25.7 Å². The molecule has 0 aliphatic rings. The minimum Gasteiger partial charge on any atom is -0.298 e. The molecule has 0 aliphatic carbocycles. The molecule has 0 aromatic heterocycles. The molecule has 0 fully saturated rings. The topological polar surface area (TPSA) is 12.4 Å². The summed E-state index contributed by atoms with van der Waals surface area (Å²) in [5, 5.41) is 0. The van der Waals surface area contributed by atoms with Crippen molar-refractivity contribution in [3.8, 4) is 0 Å². The monoisotopic (exact) mass is 295 g/mol. The molecule has 0 spiro atoms. The van der Waals surface area contributed by atoms with E-state index in [1.54, 1.807) is 0 Å². The lowest BCUT2D eigenvalue weighted by Gasteiger charge is -2.16. The van der Waals surface area contributed by atoms with Gasteiger partial charge in [-0.1, -0.05) is 51.5 Å². The van der Waals surface area contributed by atoms with Crippen LogP contribution in [-0.2, 0) is 0 Å². The van der Waals surface area contributed by atoms with Crippen molar-refractivity contribution >= 4 is 22.4 Å². The van der Waals surface area contributed by atoms with E-state index in [1.807, 2.05) is 0 Å². The number of rotatable bonds is 11. The van der Waals surface area contributed by atoms with Gasteiger partial charge in [0.2, 0.25) is 0 Å². The first-order chi connectivity index (χ1) is 8.83. The van der Waals surface area contributed by atoms with Crippen LogP contribution in [0.4, 0.5) is 0 Å². The van der Waals surface area contributed by atoms with E-state index >= 15 is 0 Å². The van der Waals surface area contributed by atoms with Gasteiger partial charge in [0.1, 0.15) is 0 Å². The zero-order valence-electron chi connectivity index (χ0n) is 13.5. The Morgan fingerprint density at radius 2 is 1.42 bits per heavy atom. The summed E-state index contributed by atoms with van der Waals surface area (Å²) in [5.74, 6) is 0. The van der Waals surface area contributed by atoms with Gasteiger partial charge in [-0.25, -0.2) is 0 Å². The van der Waals surface area contributed by atoms with Crippen LogP contribution in [0.25, 0.3) is 0 Å². The van der Waals surface area contributed by atoms with Crippen LogP contribution >= 0.6 is 0 Å². The highest BCUT2D eigenvalue weighted by atomic mass is 28.3. The molecule has 110 valence electrons. The molecule has 0 aromatic rings. The normalized spacial score (nSPS) is 12.8. The fourth-order valence-corrected chi connectivity index (χ4v) is 3.85. The first-order valence-corrected chi connectivity index (χ1v) is 14.2. The second-order valence-electron chi connectivity index (χ2n) is 6.84. The van der Waals surface area contributed by atoms with Gasteiger partial charge in [-0.3, -0.25) is 4.99 Å². The number of nitrogens with zero attached hydrogens (tertiary/aromatic N) is 1. The SMILES string of the molecule is C=C[Si](C)(C)CC=NCCCCCC[Si](C)(C)C=C. The second kappa shape index (κ2) is 9.48. The van der Waals surface area contributed by atoms with Gasteiger partial charge in [-0.05, 0) is 18.7 Å². The quantitative estimate of drug-likeness (QED) is 0.272. The smallest absolute Gasteiger partial charge is 0.0761 e. The molecule has 1 nitrogen and oxygen atoms in total. The molecule has 19 heavy (non-hydrogen) atoms. The van der Waals surface area contributed by atoms with Crippen molar-refractivity contribution in [2.24, 2.45) is 4.99 Å². The van der Waals surface area contributed by atoms with Gasteiger partial charge in [-0.15, -0.1) is 24.6 Å². The van der Waals surface area contributed by atoms with E-state index in [9.17, 15) is 0 Å². The number of hydrogen-bond donors (Lipinski definition) is 0. The van der Waals surface area contributed by atoms with Crippen molar-refractivity contribution in [1.29, 1.82) is 0 Å². The molecule has 3 heteroatoms. The Balaban J connectivity index is 3.49. The van der Waals surface area contributed by atoms with E-state index in [2.05, 4.69) is 62.0 Å². The zero-order chi connectivity index (χ0) is 14.8. The summed E-state index contributed by atoms with van der Waals surface area (Å²) in [7, 11) is -2.23. The van der Waals surface area contributed by atoms with Gasteiger partial charge < -0.3 is 0 Å². The second-order valence-corrected chi connectivity index (χ2v) is 16.5. The average Bonchev–Trinajstić information content (AvgIpc) is 2.36. The molecule has 0 bridgehead atoms. The van der Waals surface area contributed by atoms with Gasteiger partial charge in [-0.2, -0.15) is 0 Å². The lowest BCUT2D eigenvalue weighted by molar-refractivity contribution is 0.672. The minimum absolute atomic E-state index is 1.00. The first-order valence-electron chi connectivity index (χ1n) is 7.58. The van der Waals surface area contributed by atoms with Crippen molar-refractivity contribution in [1.82, 2.24) is 0 Å². The number of unbranched alkanes of at least 4 members (excludes halogenated alkanes) is 3. The molecule has 0 N–H and O–H groups in total. The average molecular weight is 296 g/mol. The summed E-state index contributed by atoms with van der Waals surface area (Å²) in [6.07, 6.45) is 7.41. The molecule has 0 radical (unpaired) electrons. The zero-order valence-corrected chi connectivity index (χ0v) is 15.5. The molecule has 0 amide bonds. The van der Waals surface area contributed by atoms with E-state index < -0.39 is 16.1 Å². The summed E-state index contributed by atoms with van der Waals surface area (Å²) in [5.41, 5.74) is 4.35. The van der Waals surface area contributed by atoms with Gasteiger partial charge in [0, 0.05) is 6.54 Å². The Bertz CT molecular complexity index is 293. The van der Waals surface area contributed by atoms with Crippen molar-refractivity contribution in [3.05, 3.63) is 24.6 Å². The van der Waals surface area contributed by atoms with Crippen molar-refractivity contribution in [2.75, 3.05) is 6.54 Å². The van der Waals surface area contributed by atoms with Crippen LogP contribution in [0.2, 0.25) is 38.3 Å². The molecule has 0 saturated carbocycles. The third kappa shape index (κ3) is 11.1. The molecular weight excluding hydrogens is 262 g/mol. The Morgan fingerprint density at radius 3 is 2.00 bits per heavy atom. The lowest BCUT2D eigenvalue weighted by atomic mass is 10.2. The maximum Gasteiger partial charge on any atom is 0.0761 e. The summed E-state index contributed by atoms with van der Waals surface area (Å²) in [6.45, 7) is 18.3. The van der Waals surface area contributed by atoms with Gasteiger partial charge in [0.05, 0.1) is 16.1 Å². The lowest BCUT2D eigenvalue weighted by Crippen LogP contribution is -2.21. The van der Waals surface area contributed by atoms with E-state index in [0.717, 1.165) is 12.6 Å². The molecule has 0 aliphatic heterocycles. The van der Waals surface area contributed by atoms with Gasteiger partial charge >= 0.3 is 0 Å². The molecule has 0 aromatic carbocycles. The van der Waals surface area contributed by atoms with Gasteiger partial charge in [0.15, 0.2) is 0 Å².